The first kappa shape index (κ1) is 16.3. The van der Waals surface area contributed by atoms with E-state index in [4.69, 9.17) is 0 Å². The van der Waals surface area contributed by atoms with Crippen LogP contribution in [0.15, 0.2) is 22.7 Å². The molecule has 1 aromatic heterocycles. The minimum Gasteiger partial charge on any atom is -0.334 e. The second kappa shape index (κ2) is 5.25. The van der Waals surface area contributed by atoms with Crippen LogP contribution in [0.4, 0.5) is 27.6 Å². The molecule has 0 saturated heterocycles. The molecule has 1 N–H and O–H groups in total. The molecule has 24 heavy (non-hydrogen) atoms. The third-order valence-corrected chi connectivity index (χ3v) is 3.56. The summed E-state index contributed by atoms with van der Waals surface area (Å²) in [6.45, 7) is 1.59. The van der Waals surface area contributed by atoms with Crippen molar-refractivity contribution in [1.29, 1.82) is 0 Å². The Morgan fingerprint density at radius 3 is 2.58 bits per heavy atom. The van der Waals surface area contributed by atoms with Gasteiger partial charge < -0.3 is 9.84 Å². The van der Waals surface area contributed by atoms with Crippen molar-refractivity contribution in [3.05, 3.63) is 29.6 Å². The van der Waals surface area contributed by atoms with Crippen LogP contribution in [-0.2, 0) is 11.0 Å². The predicted octanol–water partition coefficient (Wildman–Crippen LogP) is 3.66. The molecule has 1 fully saturated rings. The van der Waals surface area contributed by atoms with E-state index in [1.807, 2.05) is 0 Å². The fourth-order valence-corrected chi connectivity index (χ4v) is 2.11. The number of carbonyl (C=O) groups is 1. The maximum absolute atomic E-state index is 12.9. The standard InChI is InChI=1S/C14H10F5N3O2/c1-6-2-3-7(20-10(23)9-5-13(9,15)16)4-8(6)11-21-12(22-24-11)14(17,18)19/h2-4,9H,5H2,1H3,(H,20,23)/t9-/m1/s1. The maximum Gasteiger partial charge on any atom is 0.455 e. The number of nitrogens with one attached hydrogen (secondary N) is 1. The Kier molecular flexibility index (Phi) is 3.57. The van der Waals surface area contributed by atoms with Gasteiger partial charge in [0.05, 0.1) is 0 Å². The molecule has 3 rings (SSSR count). The summed E-state index contributed by atoms with van der Waals surface area (Å²) in [5.74, 6) is -7.05. The number of benzene rings is 1. The number of aromatic nitrogens is 2. The van der Waals surface area contributed by atoms with Gasteiger partial charge in [0.15, 0.2) is 0 Å². The van der Waals surface area contributed by atoms with Gasteiger partial charge in [0.25, 0.3) is 17.6 Å². The summed E-state index contributed by atoms with van der Waals surface area (Å²) in [5.41, 5.74) is 0.829. The first-order valence-electron chi connectivity index (χ1n) is 6.78. The van der Waals surface area contributed by atoms with E-state index in [2.05, 4.69) is 20.0 Å². The summed E-state index contributed by atoms with van der Waals surface area (Å²) >= 11 is 0. The van der Waals surface area contributed by atoms with E-state index in [-0.39, 0.29) is 17.1 Å². The lowest BCUT2D eigenvalue weighted by atomic mass is 10.1. The Morgan fingerprint density at radius 2 is 2.04 bits per heavy atom. The number of anilines is 1. The van der Waals surface area contributed by atoms with Crippen molar-refractivity contribution in [2.75, 3.05) is 5.32 Å². The summed E-state index contributed by atoms with van der Waals surface area (Å²) in [7, 11) is 0. The van der Waals surface area contributed by atoms with E-state index in [0.29, 0.717) is 5.56 Å². The molecule has 1 heterocycles. The Morgan fingerprint density at radius 1 is 1.38 bits per heavy atom. The average molecular weight is 347 g/mol. The van der Waals surface area contributed by atoms with Crippen molar-refractivity contribution in [2.45, 2.75) is 25.4 Å². The molecule has 0 spiro atoms. The number of carbonyl (C=O) groups excluding carboxylic acids is 1. The molecule has 10 heteroatoms. The van der Waals surface area contributed by atoms with Crippen molar-refractivity contribution in [1.82, 2.24) is 10.1 Å². The number of hydrogen-bond donors (Lipinski definition) is 1. The van der Waals surface area contributed by atoms with Crippen LogP contribution in [0.1, 0.15) is 17.8 Å². The van der Waals surface area contributed by atoms with Crippen LogP contribution in [-0.4, -0.2) is 22.0 Å². The first-order valence-corrected chi connectivity index (χ1v) is 6.78. The molecule has 0 radical (unpaired) electrons. The van der Waals surface area contributed by atoms with Crippen LogP contribution in [0.25, 0.3) is 11.5 Å². The van der Waals surface area contributed by atoms with Gasteiger partial charge in [-0.15, -0.1) is 0 Å². The van der Waals surface area contributed by atoms with Gasteiger partial charge in [0.2, 0.25) is 5.91 Å². The molecule has 0 bridgehead atoms. The Balaban J connectivity index is 1.84. The number of aryl methyl sites for hydroxylation is 1. The topological polar surface area (TPSA) is 68.0 Å². The summed E-state index contributed by atoms with van der Waals surface area (Å²) < 4.78 is 67.9. The van der Waals surface area contributed by atoms with Gasteiger partial charge in [-0.05, 0) is 24.6 Å². The number of amides is 1. The van der Waals surface area contributed by atoms with Gasteiger partial charge >= 0.3 is 6.18 Å². The zero-order chi connectivity index (χ0) is 17.7. The number of hydrogen-bond acceptors (Lipinski definition) is 4. The molecule has 2 aromatic rings. The summed E-state index contributed by atoms with van der Waals surface area (Å²) in [6.07, 6.45) is -5.27. The smallest absolute Gasteiger partial charge is 0.334 e. The molecule has 5 nitrogen and oxygen atoms in total. The van der Waals surface area contributed by atoms with Crippen LogP contribution >= 0.6 is 0 Å². The van der Waals surface area contributed by atoms with Crippen LogP contribution < -0.4 is 5.32 Å². The monoisotopic (exact) mass is 347 g/mol. The van der Waals surface area contributed by atoms with Gasteiger partial charge in [-0.2, -0.15) is 18.2 Å². The third kappa shape index (κ3) is 3.08. The third-order valence-electron chi connectivity index (χ3n) is 3.56. The molecule has 0 aliphatic heterocycles. The minimum absolute atomic E-state index is 0.148. The Labute approximate surface area is 131 Å². The highest BCUT2D eigenvalue weighted by atomic mass is 19.4. The summed E-state index contributed by atoms with van der Waals surface area (Å²) in [4.78, 5) is 14.9. The molecule has 1 aliphatic rings. The lowest BCUT2D eigenvalue weighted by Gasteiger charge is -2.07. The zero-order valence-electron chi connectivity index (χ0n) is 12.1. The second-order valence-electron chi connectivity index (χ2n) is 5.46. The first-order chi connectivity index (χ1) is 11.1. The van der Waals surface area contributed by atoms with E-state index >= 15 is 0 Å². The lowest BCUT2D eigenvalue weighted by molar-refractivity contribution is -0.146. The minimum atomic E-state index is -4.75. The molecule has 1 saturated carbocycles. The van der Waals surface area contributed by atoms with Crippen molar-refractivity contribution < 1.29 is 31.3 Å². The van der Waals surface area contributed by atoms with Gasteiger partial charge in [0, 0.05) is 17.7 Å². The number of nitrogens with zero attached hydrogens (tertiary/aromatic N) is 2. The Bertz CT molecular complexity index is 800. The van der Waals surface area contributed by atoms with E-state index in [1.165, 1.54) is 18.2 Å². The predicted molar refractivity (Wildman–Crippen MR) is 71.2 cm³/mol. The van der Waals surface area contributed by atoms with Crippen molar-refractivity contribution in [3.8, 4) is 11.5 Å². The van der Waals surface area contributed by atoms with Crippen LogP contribution in [0.3, 0.4) is 0 Å². The van der Waals surface area contributed by atoms with Gasteiger partial charge in [-0.3, -0.25) is 4.79 Å². The van der Waals surface area contributed by atoms with E-state index in [0.717, 1.165) is 0 Å². The van der Waals surface area contributed by atoms with E-state index in [1.54, 1.807) is 6.92 Å². The van der Waals surface area contributed by atoms with Gasteiger partial charge in [-0.25, -0.2) is 8.78 Å². The molecular formula is C14H10F5N3O2. The lowest BCUT2D eigenvalue weighted by Crippen LogP contribution is -2.17. The zero-order valence-corrected chi connectivity index (χ0v) is 12.1. The highest BCUT2D eigenvalue weighted by molar-refractivity contribution is 5.95. The maximum atomic E-state index is 12.9. The number of rotatable bonds is 3. The van der Waals surface area contributed by atoms with Gasteiger partial charge in [0.1, 0.15) is 5.92 Å². The van der Waals surface area contributed by atoms with Crippen molar-refractivity contribution >= 4 is 11.6 Å². The second-order valence-corrected chi connectivity index (χ2v) is 5.46. The highest BCUT2D eigenvalue weighted by Crippen LogP contribution is 2.49. The van der Waals surface area contributed by atoms with Crippen molar-refractivity contribution in [3.63, 3.8) is 0 Å². The summed E-state index contributed by atoms with van der Waals surface area (Å²) in [6, 6.07) is 4.23. The SMILES string of the molecule is Cc1ccc(NC(=O)[C@H]2CC2(F)F)cc1-c1nc(C(F)(F)F)no1. The van der Waals surface area contributed by atoms with Crippen LogP contribution in [0.2, 0.25) is 0 Å². The summed E-state index contributed by atoms with van der Waals surface area (Å²) in [5, 5.41) is 5.16. The number of alkyl halides is 5. The largest absolute Gasteiger partial charge is 0.455 e. The van der Waals surface area contributed by atoms with Crippen molar-refractivity contribution in [2.24, 2.45) is 5.92 Å². The molecule has 1 atom stereocenters. The van der Waals surface area contributed by atoms with E-state index in [9.17, 15) is 26.7 Å². The molecule has 1 amide bonds. The quantitative estimate of drug-likeness (QED) is 0.861. The molecule has 0 unspecified atom stereocenters. The average Bonchev–Trinajstić information content (AvgIpc) is 2.90. The molecule has 1 aliphatic carbocycles. The molecule has 1 aromatic carbocycles. The van der Waals surface area contributed by atoms with E-state index < -0.39 is 36.2 Å². The normalized spacial score (nSPS) is 19.2. The van der Waals surface area contributed by atoms with Crippen LogP contribution in [0, 0.1) is 12.8 Å². The molecule has 128 valence electrons. The fourth-order valence-electron chi connectivity index (χ4n) is 2.11. The van der Waals surface area contributed by atoms with Gasteiger partial charge in [-0.1, -0.05) is 11.2 Å². The highest BCUT2D eigenvalue weighted by Gasteiger charge is 2.61. The Hall–Kier alpha value is -2.52. The fraction of sp³-hybridized carbons (Fsp3) is 0.357. The van der Waals surface area contributed by atoms with Crippen LogP contribution in [0.5, 0.6) is 0 Å². The molecular weight excluding hydrogens is 337 g/mol. The number of halogens is 5.